The van der Waals surface area contributed by atoms with E-state index in [2.05, 4.69) is 74.2 Å². The largest absolute Gasteiger partial charge is 0.313 e. The smallest absolute Gasteiger partial charge is 0.164 e. The molecule has 7 nitrogen and oxygen atoms in total. The Morgan fingerprint density at radius 3 is 2.04 bits per heavy atom. The molecule has 0 atom stereocenters. The van der Waals surface area contributed by atoms with Gasteiger partial charge in [-0.05, 0) is 38.2 Å². The van der Waals surface area contributed by atoms with Gasteiger partial charge in [0.15, 0.2) is 23.3 Å². The van der Waals surface area contributed by atoms with Crippen molar-refractivity contribution in [1.82, 2.24) is 4.57 Å². The highest BCUT2D eigenvalue weighted by Crippen LogP contribution is 2.34. The van der Waals surface area contributed by atoms with Crippen LogP contribution in [-0.4, -0.2) is 27.9 Å². The first-order chi connectivity index (χ1) is 22.8. The fourth-order valence-electron chi connectivity index (χ4n) is 6.64. The first kappa shape index (κ1) is 28.7. The van der Waals surface area contributed by atoms with E-state index in [9.17, 15) is 0 Å². The summed E-state index contributed by atoms with van der Waals surface area (Å²) in [7, 11) is 2.00. The fourth-order valence-corrected chi connectivity index (χ4v) is 6.64. The Bertz CT molecular complexity index is 2610. The molecule has 0 saturated carbocycles. The molecule has 4 heterocycles. The Balaban J connectivity index is 1.54. The van der Waals surface area contributed by atoms with Gasteiger partial charge in [-0.1, -0.05) is 86.7 Å². The van der Waals surface area contributed by atoms with Gasteiger partial charge in [-0.15, -0.1) is 5.73 Å². The SMILES string of the molecule is C\C=C/C=C1/C2=NC(=NC3=c4ccccc4=C(C3)N=C3N=C(N=c4c5c(c(n4C)=N2)=CC=C=CC=5)C2=CC=CC(C)(C)C=C23)/C1=C\C. The Morgan fingerprint density at radius 1 is 0.745 bits per heavy atom. The highest BCUT2D eigenvalue weighted by Gasteiger charge is 2.31. The number of rotatable bonds is 1. The van der Waals surface area contributed by atoms with Crippen LogP contribution >= 0.6 is 0 Å². The summed E-state index contributed by atoms with van der Waals surface area (Å²) in [5.41, 5.74) is 10.1. The lowest BCUT2D eigenvalue weighted by Crippen LogP contribution is -2.38. The van der Waals surface area contributed by atoms with Gasteiger partial charge in [0.2, 0.25) is 0 Å². The Kier molecular flexibility index (Phi) is 6.67. The lowest BCUT2D eigenvalue weighted by atomic mass is 9.90. The van der Waals surface area contributed by atoms with Crippen LogP contribution in [0.25, 0.3) is 23.5 Å². The molecule has 1 aromatic heterocycles. The van der Waals surface area contributed by atoms with E-state index in [0.29, 0.717) is 29.8 Å². The number of aliphatic imine (C=N–C) groups is 4. The van der Waals surface area contributed by atoms with Gasteiger partial charge in [0, 0.05) is 62.1 Å². The Hall–Kier alpha value is -5.78. The van der Waals surface area contributed by atoms with E-state index < -0.39 is 0 Å². The third-order valence-electron chi connectivity index (χ3n) is 8.91. The summed E-state index contributed by atoms with van der Waals surface area (Å²) in [6, 6.07) is 8.33. The van der Waals surface area contributed by atoms with Gasteiger partial charge in [0.1, 0.15) is 11.0 Å². The minimum Gasteiger partial charge on any atom is -0.313 e. The van der Waals surface area contributed by atoms with Gasteiger partial charge in [-0.25, -0.2) is 30.0 Å². The van der Waals surface area contributed by atoms with E-state index in [-0.39, 0.29) is 5.41 Å². The molecule has 2 aromatic rings. The molecule has 0 amide bonds. The third kappa shape index (κ3) is 4.75. The van der Waals surface area contributed by atoms with Gasteiger partial charge in [0.05, 0.1) is 11.4 Å². The van der Waals surface area contributed by atoms with E-state index >= 15 is 0 Å². The number of aromatic nitrogens is 1. The molecule has 1 aromatic carbocycles. The van der Waals surface area contributed by atoms with Crippen LogP contribution in [0.15, 0.2) is 143 Å². The zero-order chi connectivity index (χ0) is 32.3. The number of allylic oxidation sites excluding steroid dienone is 9. The second-order valence-electron chi connectivity index (χ2n) is 12.6. The molecule has 8 bridgehead atoms. The molecule has 6 aliphatic rings. The molecular weight excluding hydrogens is 578 g/mol. The summed E-state index contributed by atoms with van der Waals surface area (Å²) >= 11 is 0. The van der Waals surface area contributed by atoms with Crippen LogP contribution < -0.4 is 31.9 Å². The average Bonchev–Trinajstić information content (AvgIpc) is 3.62. The molecule has 0 spiro atoms. The van der Waals surface area contributed by atoms with Crippen LogP contribution in [0.5, 0.6) is 0 Å². The first-order valence-electron chi connectivity index (χ1n) is 15.9. The van der Waals surface area contributed by atoms with Gasteiger partial charge in [0.25, 0.3) is 0 Å². The lowest BCUT2D eigenvalue weighted by molar-refractivity contribution is 0.625. The summed E-state index contributed by atoms with van der Waals surface area (Å²) in [6.07, 6.45) is 25.2. The second-order valence-corrected chi connectivity index (χ2v) is 12.6. The van der Waals surface area contributed by atoms with Crippen LogP contribution in [0.2, 0.25) is 0 Å². The van der Waals surface area contributed by atoms with E-state index in [4.69, 9.17) is 30.0 Å². The molecule has 0 radical (unpaired) electrons. The summed E-state index contributed by atoms with van der Waals surface area (Å²) in [4.78, 5) is 31.3. The van der Waals surface area contributed by atoms with Gasteiger partial charge in [-0.3, -0.25) is 0 Å². The maximum absolute atomic E-state index is 5.29. The van der Waals surface area contributed by atoms with E-state index in [1.165, 1.54) is 0 Å². The lowest BCUT2D eigenvalue weighted by Gasteiger charge is -2.15. The monoisotopic (exact) mass is 611 g/mol. The van der Waals surface area contributed by atoms with Crippen LogP contribution in [-0.2, 0) is 7.05 Å². The number of fused-ring (bicyclic) bond motifs is 13. The standard InChI is InChI=1S/C40H33N7/c1-6-8-15-27-24(7-2)34-41-32-22-33(26-17-13-12-16-25(26)32)42-37-31-23-40(3,4)21-14-20-28(31)36(44-37)46-39-30-19-11-9-10-18-29(30)38(47(39)5)45-35(27)43-34/h6-8,10-21,23H,22H2,1-5H3/b8-6-,24-7-,27-15+,41-34?,42-37?,45-38?,46-39?. The molecule has 0 fully saturated rings. The Morgan fingerprint density at radius 2 is 1.36 bits per heavy atom. The molecule has 8 rings (SSSR count). The zero-order valence-corrected chi connectivity index (χ0v) is 27.1. The molecule has 0 saturated heterocycles. The van der Waals surface area contributed by atoms with E-state index in [0.717, 1.165) is 65.5 Å². The predicted octanol–water partition coefficient (Wildman–Crippen LogP) is 3.40. The normalized spacial score (nSPS) is 21.7. The highest BCUT2D eigenvalue weighted by molar-refractivity contribution is 6.27. The van der Waals surface area contributed by atoms with Crippen molar-refractivity contribution in [3.8, 4) is 0 Å². The topological polar surface area (TPSA) is 79.1 Å². The van der Waals surface area contributed by atoms with Gasteiger partial charge >= 0.3 is 0 Å². The van der Waals surface area contributed by atoms with Crippen LogP contribution in [0.1, 0.15) is 34.1 Å². The highest BCUT2D eigenvalue weighted by atomic mass is 15.1. The summed E-state index contributed by atoms with van der Waals surface area (Å²) < 4.78 is 2.03. The van der Waals surface area contributed by atoms with Gasteiger partial charge < -0.3 is 4.57 Å². The van der Waals surface area contributed by atoms with Crippen molar-refractivity contribution in [2.24, 2.45) is 42.4 Å². The number of amidine groups is 4. The van der Waals surface area contributed by atoms with E-state index in [1.54, 1.807) is 0 Å². The van der Waals surface area contributed by atoms with Crippen molar-refractivity contribution in [3.05, 3.63) is 145 Å². The van der Waals surface area contributed by atoms with Crippen LogP contribution in [0, 0.1) is 5.41 Å². The first-order valence-corrected chi connectivity index (χ1v) is 15.9. The van der Waals surface area contributed by atoms with Crippen LogP contribution in [0.4, 0.5) is 0 Å². The van der Waals surface area contributed by atoms with Crippen molar-refractivity contribution in [2.75, 3.05) is 0 Å². The maximum atomic E-state index is 5.29. The van der Waals surface area contributed by atoms with Crippen molar-refractivity contribution in [2.45, 2.75) is 34.1 Å². The summed E-state index contributed by atoms with van der Waals surface area (Å²) in [6.45, 7) is 8.41. The van der Waals surface area contributed by atoms with Crippen molar-refractivity contribution in [3.63, 3.8) is 0 Å². The average molecular weight is 612 g/mol. The minimum absolute atomic E-state index is 0.189. The number of hydrogen-bond acceptors (Lipinski definition) is 6. The fraction of sp³-hybridized carbons (Fsp3) is 0.175. The van der Waals surface area contributed by atoms with Gasteiger partial charge in [-0.2, -0.15) is 0 Å². The third-order valence-corrected chi connectivity index (χ3v) is 8.91. The minimum atomic E-state index is -0.189. The summed E-state index contributed by atoms with van der Waals surface area (Å²) in [5, 5.41) is 3.99. The molecule has 7 heteroatoms. The molecular formula is C40H33N7. The molecule has 228 valence electrons. The number of benzene rings is 1. The number of nitrogens with zero attached hydrogens (tertiary/aromatic N) is 7. The maximum Gasteiger partial charge on any atom is 0.164 e. The quantitative estimate of drug-likeness (QED) is 0.444. The zero-order valence-electron chi connectivity index (χ0n) is 27.1. The van der Waals surface area contributed by atoms with Crippen LogP contribution in [0.3, 0.4) is 0 Å². The summed E-state index contributed by atoms with van der Waals surface area (Å²) in [5.74, 6) is 2.52. The van der Waals surface area contributed by atoms with Crippen molar-refractivity contribution in [1.29, 1.82) is 0 Å². The molecule has 3 aliphatic heterocycles. The van der Waals surface area contributed by atoms with Crippen molar-refractivity contribution < 1.29 is 0 Å². The number of hydrogen-bond donors (Lipinski definition) is 0. The second kappa shape index (κ2) is 10.9. The van der Waals surface area contributed by atoms with Crippen molar-refractivity contribution >= 4 is 46.9 Å². The Labute approximate surface area is 272 Å². The molecule has 0 N–H and O–H groups in total. The molecule has 3 aliphatic carbocycles. The molecule has 0 unspecified atom stereocenters. The predicted molar refractivity (Wildman–Crippen MR) is 191 cm³/mol. The molecule has 47 heavy (non-hydrogen) atoms. The van der Waals surface area contributed by atoms with E-state index in [1.807, 2.05) is 68.0 Å².